The third-order valence-electron chi connectivity index (χ3n) is 3.93. The summed E-state index contributed by atoms with van der Waals surface area (Å²) in [4.78, 5) is 2.30. The van der Waals surface area contributed by atoms with Crippen molar-refractivity contribution in [3.63, 3.8) is 0 Å². The van der Waals surface area contributed by atoms with Crippen molar-refractivity contribution in [2.75, 3.05) is 6.61 Å². The van der Waals surface area contributed by atoms with Gasteiger partial charge in [0.05, 0.1) is 41.2 Å². The third-order valence-corrected chi connectivity index (χ3v) is 4.49. The van der Waals surface area contributed by atoms with Crippen molar-refractivity contribution in [2.24, 2.45) is 0 Å². The van der Waals surface area contributed by atoms with Crippen LogP contribution < -0.4 is 4.74 Å². The van der Waals surface area contributed by atoms with Crippen LogP contribution in [0.2, 0.25) is 10.0 Å². The van der Waals surface area contributed by atoms with Gasteiger partial charge in [-0.2, -0.15) is 5.10 Å². The Balaban J connectivity index is 1.71. The van der Waals surface area contributed by atoms with Gasteiger partial charge in [0.25, 0.3) is 0 Å². The second-order valence-corrected chi connectivity index (χ2v) is 7.08. The number of hydrogen-bond donors (Lipinski definition) is 1. The third kappa shape index (κ3) is 3.70. The van der Waals surface area contributed by atoms with Crippen molar-refractivity contribution in [1.29, 1.82) is 0 Å². The highest BCUT2D eigenvalue weighted by Gasteiger charge is 2.24. The molecule has 0 atom stereocenters. The predicted molar refractivity (Wildman–Crippen MR) is 94.5 cm³/mol. The minimum Gasteiger partial charge on any atom is -0.488 e. The van der Waals surface area contributed by atoms with Crippen LogP contribution in [0.4, 0.5) is 0 Å². The molecule has 3 rings (SSSR count). The number of hydrogen-bond acceptors (Lipinski definition) is 4. The molecule has 0 saturated heterocycles. The Morgan fingerprint density at radius 1 is 1.25 bits per heavy atom. The van der Waals surface area contributed by atoms with E-state index in [1.807, 2.05) is 36.9 Å². The normalized spacial score (nSPS) is 14.4. The first kappa shape index (κ1) is 17.5. The smallest absolute Gasteiger partial charge is 0.156 e. The lowest BCUT2D eigenvalue weighted by molar-refractivity contribution is 0.241. The minimum absolute atomic E-state index is 0.0217. The molecular formula is C17H21Cl2N3O2. The quantitative estimate of drug-likeness (QED) is 0.846. The predicted octanol–water partition coefficient (Wildman–Crippen LogP) is 3.49. The van der Waals surface area contributed by atoms with Gasteiger partial charge in [-0.3, -0.25) is 9.58 Å². The largest absolute Gasteiger partial charge is 0.488 e. The van der Waals surface area contributed by atoms with Gasteiger partial charge in [0.1, 0.15) is 0 Å². The molecule has 1 aliphatic rings. The van der Waals surface area contributed by atoms with E-state index in [1.165, 1.54) is 11.3 Å². The van der Waals surface area contributed by atoms with Gasteiger partial charge in [-0.1, -0.05) is 23.2 Å². The van der Waals surface area contributed by atoms with Crippen LogP contribution in [-0.2, 0) is 26.2 Å². The second kappa shape index (κ2) is 7.31. The Bertz CT molecular complexity index is 708. The van der Waals surface area contributed by atoms with Crippen LogP contribution in [0.15, 0.2) is 18.3 Å². The van der Waals surface area contributed by atoms with Crippen LogP contribution in [0.5, 0.6) is 5.75 Å². The Labute approximate surface area is 151 Å². The highest BCUT2D eigenvalue weighted by Crippen LogP contribution is 2.36. The lowest BCUT2D eigenvalue weighted by Gasteiger charge is -2.18. The number of aliphatic hydroxyl groups is 1. The van der Waals surface area contributed by atoms with Crippen LogP contribution in [0, 0.1) is 0 Å². The van der Waals surface area contributed by atoms with Crippen LogP contribution >= 0.6 is 23.2 Å². The SMILES string of the molecule is CC(C)Oc1c(Cl)cc(CN2Cc3cnn(CCO)c3C2)cc1Cl. The van der Waals surface area contributed by atoms with E-state index >= 15 is 0 Å². The first-order valence-electron chi connectivity index (χ1n) is 7.99. The van der Waals surface area contributed by atoms with Crippen molar-refractivity contribution >= 4 is 23.2 Å². The van der Waals surface area contributed by atoms with Crippen molar-refractivity contribution in [1.82, 2.24) is 14.7 Å². The number of aromatic nitrogens is 2. The van der Waals surface area contributed by atoms with Crippen LogP contribution in [0.25, 0.3) is 0 Å². The average Bonchev–Trinajstić information content (AvgIpc) is 3.05. The van der Waals surface area contributed by atoms with Gasteiger partial charge in [0.2, 0.25) is 0 Å². The fourth-order valence-electron chi connectivity index (χ4n) is 2.98. The van der Waals surface area contributed by atoms with Gasteiger partial charge in [0, 0.05) is 25.2 Å². The number of aliphatic hydroxyl groups excluding tert-OH is 1. The fraction of sp³-hybridized carbons (Fsp3) is 0.471. The molecule has 2 heterocycles. The molecular weight excluding hydrogens is 349 g/mol. The Hall–Kier alpha value is -1.27. The van der Waals surface area contributed by atoms with Crippen LogP contribution in [0.1, 0.15) is 30.7 Å². The van der Waals surface area contributed by atoms with Gasteiger partial charge in [-0.15, -0.1) is 0 Å². The molecule has 0 fully saturated rings. The second-order valence-electron chi connectivity index (χ2n) is 6.26. The topological polar surface area (TPSA) is 50.5 Å². The molecule has 1 aromatic heterocycles. The zero-order chi connectivity index (χ0) is 17.3. The van der Waals surface area contributed by atoms with Crippen LogP contribution in [-0.4, -0.2) is 32.5 Å². The monoisotopic (exact) mass is 369 g/mol. The zero-order valence-corrected chi connectivity index (χ0v) is 15.3. The van der Waals surface area contributed by atoms with Gasteiger partial charge in [0.15, 0.2) is 5.75 Å². The summed E-state index contributed by atoms with van der Waals surface area (Å²) in [6.45, 7) is 6.89. The van der Waals surface area contributed by atoms with Crippen LogP contribution in [0.3, 0.4) is 0 Å². The maximum atomic E-state index is 9.10. The standard InChI is InChI=1S/C17H21Cl2N3O2/c1-11(2)24-17-14(18)5-12(6-15(17)19)8-21-9-13-7-20-22(3-4-23)16(13)10-21/h5-7,11,23H,3-4,8-10H2,1-2H3. The molecule has 5 nitrogen and oxygen atoms in total. The summed E-state index contributed by atoms with van der Waals surface area (Å²) in [7, 11) is 0. The number of ether oxygens (including phenoxy) is 1. The summed E-state index contributed by atoms with van der Waals surface area (Å²) in [5, 5.41) is 14.5. The first-order chi connectivity index (χ1) is 11.5. The molecule has 1 aromatic carbocycles. The maximum Gasteiger partial charge on any atom is 0.156 e. The van der Waals surface area contributed by atoms with Gasteiger partial charge in [-0.05, 0) is 31.5 Å². The molecule has 2 aromatic rings. The molecule has 0 saturated carbocycles. The zero-order valence-electron chi connectivity index (χ0n) is 13.8. The Morgan fingerprint density at radius 2 is 1.96 bits per heavy atom. The highest BCUT2D eigenvalue weighted by molar-refractivity contribution is 6.37. The van der Waals surface area contributed by atoms with E-state index in [0.29, 0.717) is 22.3 Å². The average molecular weight is 370 g/mol. The number of halogens is 2. The van der Waals surface area contributed by atoms with E-state index in [0.717, 1.165) is 25.2 Å². The molecule has 1 aliphatic heterocycles. The molecule has 24 heavy (non-hydrogen) atoms. The molecule has 0 spiro atoms. The van der Waals surface area contributed by atoms with Crippen molar-refractivity contribution in [3.05, 3.63) is 45.2 Å². The molecule has 1 N–H and O–H groups in total. The van der Waals surface area contributed by atoms with E-state index < -0.39 is 0 Å². The van der Waals surface area contributed by atoms with Gasteiger partial charge >= 0.3 is 0 Å². The maximum absolute atomic E-state index is 9.10. The Kier molecular flexibility index (Phi) is 5.35. The molecule has 0 bridgehead atoms. The molecule has 0 unspecified atom stereocenters. The van der Waals surface area contributed by atoms with E-state index in [-0.39, 0.29) is 12.7 Å². The van der Waals surface area contributed by atoms with Crippen molar-refractivity contribution in [2.45, 2.75) is 46.1 Å². The summed E-state index contributed by atoms with van der Waals surface area (Å²) in [5.74, 6) is 0.542. The summed E-state index contributed by atoms with van der Waals surface area (Å²) in [6.07, 6.45) is 1.90. The van der Waals surface area contributed by atoms with E-state index in [9.17, 15) is 0 Å². The van der Waals surface area contributed by atoms with Crippen molar-refractivity contribution < 1.29 is 9.84 Å². The van der Waals surface area contributed by atoms with Gasteiger partial charge < -0.3 is 9.84 Å². The summed E-state index contributed by atoms with van der Waals surface area (Å²) >= 11 is 12.7. The molecule has 0 radical (unpaired) electrons. The number of fused-ring (bicyclic) bond motifs is 1. The fourth-order valence-corrected chi connectivity index (χ4v) is 3.60. The highest BCUT2D eigenvalue weighted by atomic mass is 35.5. The first-order valence-corrected chi connectivity index (χ1v) is 8.75. The summed E-state index contributed by atoms with van der Waals surface area (Å²) in [5.41, 5.74) is 3.43. The van der Waals surface area contributed by atoms with E-state index in [4.69, 9.17) is 33.0 Å². The molecule has 130 valence electrons. The minimum atomic E-state index is 0.0217. The molecule has 7 heteroatoms. The lowest BCUT2D eigenvalue weighted by atomic mass is 10.2. The van der Waals surface area contributed by atoms with Gasteiger partial charge in [-0.25, -0.2) is 0 Å². The number of benzene rings is 1. The Morgan fingerprint density at radius 3 is 2.58 bits per heavy atom. The summed E-state index contributed by atoms with van der Waals surface area (Å²) in [6, 6.07) is 3.82. The lowest BCUT2D eigenvalue weighted by Crippen LogP contribution is -2.18. The van der Waals surface area contributed by atoms with Crippen molar-refractivity contribution in [3.8, 4) is 5.75 Å². The molecule has 0 amide bonds. The number of nitrogens with zero attached hydrogens (tertiary/aromatic N) is 3. The number of rotatable bonds is 6. The van der Waals surface area contributed by atoms with E-state index in [2.05, 4.69) is 10.00 Å². The summed E-state index contributed by atoms with van der Waals surface area (Å²) < 4.78 is 7.54. The van der Waals surface area contributed by atoms with E-state index in [1.54, 1.807) is 0 Å². The molecule has 0 aliphatic carbocycles.